The van der Waals surface area contributed by atoms with Crippen molar-refractivity contribution in [3.63, 3.8) is 0 Å². The summed E-state index contributed by atoms with van der Waals surface area (Å²) in [4.78, 5) is 4.77. The van der Waals surface area contributed by atoms with Crippen LogP contribution in [-0.4, -0.2) is 45.2 Å². The van der Waals surface area contributed by atoms with Gasteiger partial charge in [0.1, 0.15) is 0 Å². The van der Waals surface area contributed by atoms with Gasteiger partial charge in [-0.05, 0) is 58.6 Å². The van der Waals surface area contributed by atoms with E-state index in [0.717, 1.165) is 18.1 Å². The maximum Gasteiger partial charge on any atom is 0.0474 e. The molecule has 2 atom stereocenters. The van der Waals surface area contributed by atoms with Crippen LogP contribution in [0.1, 0.15) is 31.4 Å². The molecule has 1 N–H and O–H groups in total. The Balaban J connectivity index is 2.18. The quantitative estimate of drug-likeness (QED) is 0.900. The zero-order chi connectivity index (χ0) is 14.7. The minimum Gasteiger partial charge on any atom is -0.367 e. The summed E-state index contributed by atoms with van der Waals surface area (Å²) in [6.07, 6.45) is 2.54. The Morgan fingerprint density at radius 2 is 2.20 bits per heavy atom. The number of nitrogens with zero attached hydrogens (tertiary/aromatic N) is 2. The Morgan fingerprint density at radius 1 is 1.45 bits per heavy atom. The van der Waals surface area contributed by atoms with Crippen LogP contribution in [0, 0.1) is 0 Å². The van der Waals surface area contributed by atoms with Crippen LogP contribution in [0.5, 0.6) is 0 Å². The first-order valence-electron chi connectivity index (χ1n) is 7.41. The molecule has 2 unspecified atom stereocenters. The van der Waals surface area contributed by atoms with E-state index in [4.69, 9.17) is 11.6 Å². The average molecular weight is 296 g/mol. The molecule has 0 aliphatic carbocycles. The molecule has 0 bridgehead atoms. The Hall–Kier alpha value is -0.770. The van der Waals surface area contributed by atoms with Gasteiger partial charge in [0.15, 0.2) is 0 Å². The molecule has 0 saturated carbocycles. The highest BCUT2D eigenvalue weighted by Crippen LogP contribution is 2.31. The van der Waals surface area contributed by atoms with Gasteiger partial charge in [-0.1, -0.05) is 17.7 Å². The van der Waals surface area contributed by atoms with Crippen LogP contribution in [0.25, 0.3) is 0 Å². The van der Waals surface area contributed by atoms with Crippen molar-refractivity contribution in [3.05, 3.63) is 28.8 Å². The third-order valence-corrected chi connectivity index (χ3v) is 4.50. The molecule has 0 amide bonds. The summed E-state index contributed by atoms with van der Waals surface area (Å²) in [6.45, 7) is 4.37. The summed E-state index contributed by atoms with van der Waals surface area (Å²) in [5.74, 6) is 0. The van der Waals surface area contributed by atoms with Gasteiger partial charge in [0.05, 0.1) is 0 Å². The fraction of sp³-hybridized carbons (Fsp3) is 0.625. The zero-order valence-corrected chi connectivity index (χ0v) is 13.7. The SMILES string of the molecule is CNC(C)c1ccc(N2CCCC2CN(C)C)cc1Cl. The summed E-state index contributed by atoms with van der Waals surface area (Å²) >= 11 is 6.46. The summed E-state index contributed by atoms with van der Waals surface area (Å²) < 4.78 is 0. The van der Waals surface area contributed by atoms with E-state index < -0.39 is 0 Å². The number of nitrogens with one attached hydrogen (secondary N) is 1. The second-order valence-electron chi connectivity index (χ2n) is 5.97. The van der Waals surface area contributed by atoms with Crippen LogP contribution in [0.15, 0.2) is 18.2 Å². The molecule has 0 radical (unpaired) electrons. The zero-order valence-electron chi connectivity index (χ0n) is 13.0. The molecule has 2 rings (SSSR count). The molecule has 1 aromatic rings. The maximum absolute atomic E-state index is 6.46. The highest BCUT2D eigenvalue weighted by atomic mass is 35.5. The van der Waals surface area contributed by atoms with Gasteiger partial charge in [0.2, 0.25) is 0 Å². The van der Waals surface area contributed by atoms with Crippen LogP contribution >= 0.6 is 11.6 Å². The second-order valence-corrected chi connectivity index (χ2v) is 6.38. The lowest BCUT2D eigenvalue weighted by Gasteiger charge is -2.29. The molecule has 1 aliphatic heterocycles. The Bertz CT molecular complexity index is 447. The van der Waals surface area contributed by atoms with Gasteiger partial charge in [-0.25, -0.2) is 0 Å². The van der Waals surface area contributed by atoms with E-state index in [1.54, 1.807) is 0 Å². The van der Waals surface area contributed by atoms with Crippen molar-refractivity contribution in [3.8, 4) is 0 Å². The molecule has 1 fully saturated rings. The van der Waals surface area contributed by atoms with E-state index in [2.05, 4.69) is 54.3 Å². The standard InChI is InChI=1S/C16H26ClN3/c1-12(18-2)15-8-7-13(10-16(15)17)20-9-5-6-14(20)11-19(3)4/h7-8,10,12,14,18H,5-6,9,11H2,1-4H3. The monoisotopic (exact) mass is 295 g/mol. The highest BCUT2D eigenvalue weighted by molar-refractivity contribution is 6.31. The van der Waals surface area contributed by atoms with Gasteiger partial charge >= 0.3 is 0 Å². The molecule has 0 spiro atoms. The van der Waals surface area contributed by atoms with Crippen molar-refractivity contribution in [2.45, 2.75) is 31.8 Å². The summed E-state index contributed by atoms with van der Waals surface area (Å²) in [7, 11) is 6.24. The molecule has 0 aromatic heterocycles. The van der Waals surface area contributed by atoms with E-state index in [1.807, 2.05) is 7.05 Å². The first kappa shape index (κ1) is 15.6. The van der Waals surface area contributed by atoms with Crippen molar-refractivity contribution in [1.82, 2.24) is 10.2 Å². The van der Waals surface area contributed by atoms with Gasteiger partial charge < -0.3 is 15.1 Å². The fourth-order valence-corrected chi connectivity index (χ4v) is 3.33. The molecular weight excluding hydrogens is 270 g/mol. The lowest BCUT2D eigenvalue weighted by atomic mass is 10.1. The number of benzene rings is 1. The predicted molar refractivity (Wildman–Crippen MR) is 87.8 cm³/mol. The van der Waals surface area contributed by atoms with Crippen molar-refractivity contribution in [2.24, 2.45) is 0 Å². The molecule has 1 saturated heterocycles. The van der Waals surface area contributed by atoms with E-state index in [1.165, 1.54) is 24.1 Å². The Morgan fingerprint density at radius 3 is 2.80 bits per heavy atom. The van der Waals surface area contributed by atoms with Crippen LogP contribution < -0.4 is 10.2 Å². The van der Waals surface area contributed by atoms with Crippen molar-refractivity contribution >= 4 is 17.3 Å². The highest BCUT2D eigenvalue weighted by Gasteiger charge is 2.25. The van der Waals surface area contributed by atoms with Gasteiger partial charge in [0.25, 0.3) is 0 Å². The molecule has 1 heterocycles. The first-order chi connectivity index (χ1) is 9.52. The minimum absolute atomic E-state index is 0.285. The van der Waals surface area contributed by atoms with E-state index in [0.29, 0.717) is 6.04 Å². The van der Waals surface area contributed by atoms with Gasteiger partial charge in [-0.2, -0.15) is 0 Å². The topological polar surface area (TPSA) is 18.5 Å². The first-order valence-corrected chi connectivity index (χ1v) is 7.78. The Kier molecular flexibility index (Phi) is 5.30. The van der Waals surface area contributed by atoms with Gasteiger partial charge in [0, 0.05) is 35.9 Å². The van der Waals surface area contributed by atoms with E-state index >= 15 is 0 Å². The van der Waals surface area contributed by atoms with Crippen LogP contribution in [0.2, 0.25) is 5.02 Å². The molecular formula is C16H26ClN3. The third kappa shape index (κ3) is 3.46. The van der Waals surface area contributed by atoms with Crippen molar-refractivity contribution in [1.29, 1.82) is 0 Å². The Labute approximate surface area is 127 Å². The van der Waals surface area contributed by atoms with Gasteiger partial charge in [-0.3, -0.25) is 0 Å². The minimum atomic E-state index is 0.285. The lowest BCUT2D eigenvalue weighted by Crippen LogP contribution is -2.37. The van der Waals surface area contributed by atoms with E-state index in [9.17, 15) is 0 Å². The molecule has 4 heteroatoms. The number of likely N-dealkylation sites (N-methyl/N-ethyl adjacent to an activating group) is 1. The van der Waals surface area contributed by atoms with Gasteiger partial charge in [-0.15, -0.1) is 0 Å². The summed E-state index contributed by atoms with van der Waals surface area (Å²) in [5, 5.41) is 4.10. The number of anilines is 1. The largest absolute Gasteiger partial charge is 0.367 e. The average Bonchev–Trinajstić information content (AvgIpc) is 2.85. The van der Waals surface area contributed by atoms with Crippen molar-refractivity contribution < 1.29 is 0 Å². The third-order valence-electron chi connectivity index (χ3n) is 4.17. The number of rotatable bonds is 5. The second kappa shape index (κ2) is 6.79. The number of hydrogen-bond acceptors (Lipinski definition) is 3. The normalized spacial score (nSPS) is 20.7. The molecule has 1 aromatic carbocycles. The van der Waals surface area contributed by atoms with Crippen LogP contribution in [0.4, 0.5) is 5.69 Å². The predicted octanol–water partition coefficient (Wildman–Crippen LogP) is 3.15. The molecule has 112 valence electrons. The van der Waals surface area contributed by atoms with Crippen molar-refractivity contribution in [2.75, 3.05) is 39.1 Å². The van der Waals surface area contributed by atoms with Crippen LogP contribution in [-0.2, 0) is 0 Å². The molecule has 3 nitrogen and oxygen atoms in total. The molecule has 20 heavy (non-hydrogen) atoms. The van der Waals surface area contributed by atoms with Crippen LogP contribution in [0.3, 0.4) is 0 Å². The lowest BCUT2D eigenvalue weighted by molar-refractivity contribution is 0.372. The fourth-order valence-electron chi connectivity index (χ4n) is 2.99. The summed E-state index contributed by atoms with van der Waals surface area (Å²) in [6, 6.07) is 7.38. The summed E-state index contributed by atoms with van der Waals surface area (Å²) in [5.41, 5.74) is 2.42. The number of hydrogen-bond donors (Lipinski definition) is 1. The maximum atomic E-state index is 6.46. The molecule has 1 aliphatic rings. The number of halogens is 1. The van der Waals surface area contributed by atoms with E-state index in [-0.39, 0.29) is 6.04 Å². The smallest absolute Gasteiger partial charge is 0.0474 e.